The fraction of sp³-hybridized carbons (Fsp3) is 0.538. The predicted molar refractivity (Wildman–Crippen MR) is 71.8 cm³/mol. The van der Waals surface area contributed by atoms with Gasteiger partial charge in [-0.3, -0.25) is 4.79 Å². The zero-order valence-corrected chi connectivity index (χ0v) is 11.2. The van der Waals surface area contributed by atoms with Gasteiger partial charge in [0.05, 0.1) is 25.5 Å². The summed E-state index contributed by atoms with van der Waals surface area (Å²) in [6.45, 7) is 4.36. The van der Waals surface area contributed by atoms with Crippen LogP contribution in [0.5, 0.6) is 5.88 Å². The predicted octanol–water partition coefficient (Wildman–Crippen LogP) is 1.81. The van der Waals surface area contributed by atoms with Crippen molar-refractivity contribution in [2.24, 2.45) is 0 Å². The van der Waals surface area contributed by atoms with E-state index in [0.29, 0.717) is 5.88 Å². The van der Waals surface area contributed by atoms with Crippen LogP contribution in [0, 0.1) is 0 Å². The van der Waals surface area contributed by atoms with E-state index in [2.05, 4.69) is 22.5 Å². The Balaban J connectivity index is 2.33. The first-order valence-corrected chi connectivity index (χ1v) is 6.19. The number of amides is 1. The molecule has 1 atom stereocenters. The SMILES string of the molecule is CCCC(C)NC(=O)CNc1ccc(OC)nc1. The van der Waals surface area contributed by atoms with Gasteiger partial charge in [0.15, 0.2) is 0 Å². The Morgan fingerprint density at radius 1 is 1.50 bits per heavy atom. The van der Waals surface area contributed by atoms with E-state index in [9.17, 15) is 4.79 Å². The molecule has 0 saturated heterocycles. The van der Waals surface area contributed by atoms with Crippen LogP contribution in [0.15, 0.2) is 18.3 Å². The third kappa shape index (κ3) is 5.03. The molecule has 1 aromatic heterocycles. The van der Waals surface area contributed by atoms with Gasteiger partial charge in [-0.2, -0.15) is 0 Å². The van der Waals surface area contributed by atoms with Crippen LogP contribution in [0.4, 0.5) is 5.69 Å². The zero-order valence-electron chi connectivity index (χ0n) is 11.2. The highest BCUT2D eigenvalue weighted by atomic mass is 16.5. The highest BCUT2D eigenvalue weighted by Crippen LogP contribution is 2.10. The number of nitrogens with zero attached hydrogens (tertiary/aromatic N) is 1. The molecule has 2 N–H and O–H groups in total. The lowest BCUT2D eigenvalue weighted by atomic mass is 10.2. The first kappa shape index (κ1) is 14.3. The summed E-state index contributed by atoms with van der Waals surface area (Å²) in [7, 11) is 1.57. The molecule has 0 spiro atoms. The third-order valence-corrected chi connectivity index (χ3v) is 2.53. The van der Waals surface area contributed by atoms with E-state index in [4.69, 9.17) is 4.74 Å². The zero-order chi connectivity index (χ0) is 13.4. The van der Waals surface area contributed by atoms with E-state index in [1.807, 2.05) is 13.0 Å². The van der Waals surface area contributed by atoms with Gasteiger partial charge in [0.1, 0.15) is 0 Å². The molecular weight excluding hydrogens is 230 g/mol. The van der Waals surface area contributed by atoms with Crippen molar-refractivity contribution < 1.29 is 9.53 Å². The molecule has 0 aliphatic heterocycles. The fourth-order valence-corrected chi connectivity index (χ4v) is 1.62. The molecule has 1 unspecified atom stereocenters. The standard InChI is InChI=1S/C13H21N3O2/c1-4-5-10(2)16-12(17)9-14-11-6-7-13(18-3)15-8-11/h6-8,10,14H,4-5,9H2,1-3H3,(H,16,17). The lowest BCUT2D eigenvalue weighted by Crippen LogP contribution is -2.36. The number of aromatic nitrogens is 1. The number of anilines is 1. The molecule has 5 heteroatoms. The van der Waals surface area contributed by atoms with Crippen LogP contribution >= 0.6 is 0 Å². The van der Waals surface area contributed by atoms with Crippen molar-refractivity contribution in [1.82, 2.24) is 10.3 Å². The van der Waals surface area contributed by atoms with Gasteiger partial charge in [-0.1, -0.05) is 13.3 Å². The minimum Gasteiger partial charge on any atom is -0.481 e. The Morgan fingerprint density at radius 2 is 2.28 bits per heavy atom. The van der Waals surface area contributed by atoms with Crippen molar-refractivity contribution in [3.05, 3.63) is 18.3 Å². The van der Waals surface area contributed by atoms with Gasteiger partial charge >= 0.3 is 0 Å². The molecule has 1 amide bonds. The minimum atomic E-state index is -0.00762. The summed E-state index contributed by atoms with van der Waals surface area (Å²) in [6, 6.07) is 3.80. The van der Waals surface area contributed by atoms with Crippen molar-refractivity contribution in [3.63, 3.8) is 0 Å². The molecule has 5 nitrogen and oxygen atoms in total. The second-order valence-electron chi connectivity index (χ2n) is 4.20. The summed E-state index contributed by atoms with van der Waals surface area (Å²) >= 11 is 0. The first-order valence-electron chi connectivity index (χ1n) is 6.19. The third-order valence-electron chi connectivity index (χ3n) is 2.53. The second-order valence-corrected chi connectivity index (χ2v) is 4.20. The molecule has 0 aromatic carbocycles. The van der Waals surface area contributed by atoms with E-state index in [-0.39, 0.29) is 18.5 Å². The summed E-state index contributed by atoms with van der Waals surface area (Å²) < 4.78 is 4.96. The number of ether oxygens (including phenoxy) is 1. The Bertz CT molecular complexity index is 365. The Hall–Kier alpha value is -1.78. The first-order chi connectivity index (χ1) is 8.65. The monoisotopic (exact) mass is 251 g/mol. The maximum Gasteiger partial charge on any atom is 0.239 e. The summed E-state index contributed by atoms with van der Waals surface area (Å²) in [5.41, 5.74) is 0.800. The topological polar surface area (TPSA) is 63.2 Å². The van der Waals surface area contributed by atoms with Crippen molar-refractivity contribution in [2.75, 3.05) is 19.0 Å². The quantitative estimate of drug-likeness (QED) is 0.775. The molecule has 100 valence electrons. The smallest absolute Gasteiger partial charge is 0.239 e. The molecule has 1 rings (SSSR count). The van der Waals surface area contributed by atoms with Crippen molar-refractivity contribution in [2.45, 2.75) is 32.7 Å². The molecule has 1 heterocycles. The van der Waals surface area contributed by atoms with Crippen molar-refractivity contribution in [3.8, 4) is 5.88 Å². The van der Waals surface area contributed by atoms with Crippen LogP contribution in [0.3, 0.4) is 0 Å². The van der Waals surface area contributed by atoms with Gasteiger partial charge in [0.25, 0.3) is 0 Å². The number of carbonyl (C=O) groups is 1. The summed E-state index contributed by atoms with van der Waals surface area (Å²) in [6.07, 6.45) is 3.70. The Labute approximate surface area is 108 Å². The van der Waals surface area contributed by atoms with Crippen LogP contribution in [-0.2, 0) is 4.79 Å². The van der Waals surface area contributed by atoms with Crippen molar-refractivity contribution >= 4 is 11.6 Å². The summed E-state index contributed by atoms with van der Waals surface area (Å²) in [5.74, 6) is 0.549. The van der Waals surface area contributed by atoms with Crippen LogP contribution in [0.2, 0.25) is 0 Å². The van der Waals surface area contributed by atoms with Gasteiger partial charge in [-0.15, -0.1) is 0 Å². The van der Waals surface area contributed by atoms with Gasteiger partial charge in [-0.25, -0.2) is 4.98 Å². The van der Waals surface area contributed by atoms with Gasteiger partial charge < -0.3 is 15.4 Å². The minimum absolute atomic E-state index is 0.00762. The van der Waals surface area contributed by atoms with Crippen LogP contribution < -0.4 is 15.4 Å². The maximum absolute atomic E-state index is 11.6. The Morgan fingerprint density at radius 3 is 2.83 bits per heavy atom. The van der Waals surface area contributed by atoms with Gasteiger partial charge in [-0.05, 0) is 19.4 Å². The Kier molecular flexibility index (Phi) is 5.97. The highest BCUT2D eigenvalue weighted by Gasteiger charge is 2.06. The van der Waals surface area contributed by atoms with Gasteiger partial charge in [0, 0.05) is 12.1 Å². The lowest BCUT2D eigenvalue weighted by molar-refractivity contribution is -0.120. The lowest BCUT2D eigenvalue weighted by Gasteiger charge is -2.13. The number of hydrogen-bond acceptors (Lipinski definition) is 4. The van der Waals surface area contributed by atoms with Gasteiger partial charge in [0.2, 0.25) is 11.8 Å². The van der Waals surface area contributed by atoms with E-state index in [1.54, 1.807) is 19.4 Å². The maximum atomic E-state index is 11.6. The average Bonchev–Trinajstić information content (AvgIpc) is 2.37. The fourth-order valence-electron chi connectivity index (χ4n) is 1.62. The number of hydrogen-bond donors (Lipinski definition) is 2. The number of carbonyl (C=O) groups excluding carboxylic acids is 1. The highest BCUT2D eigenvalue weighted by molar-refractivity contribution is 5.80. The second kappa shape index (κ2) is 7.53. The normalized spacial score (nSPS) is 11.7. The molecule has 0 aliphatic rings. The largest absolute Gasteiger partial charge is 0.481 e. The van der Waals surface area contributed by atoms with E-state index < -0.39 is 0 Å². The molecular formula is C13H21N3O2. The number of pyridine rings is 1. The molecule has 0 saturated carbocycles. The summed E-state index contributed by atoms with van der Waals surface area (Å²) in [5, 5.41) is 5.94. The molecule has 1 aromatic rings. The van der Waals surface area contributed by atoms with E-state index in [1.165, 1.54) is 0 Å². The molecule has 0 radical (unpaired) electrons. The van der Waals surface area contributed by atoms with E-state index >= 15 is 0 Å². The summed E-state index contributed by atoms with van der Waals surface area (Å²) in [4.78, 5) is 15.7. The number of nitrogens with one attached hydrogen (secondary N) is 2. The van der Waals surface area contributed by atoms with E-state index in [0.717, 1.165) is 18.5 Å². The average molecular weight is 251 g/mol. The number of rotatable bonds is 7. The van der Waals surface area contributed by atoms with Crippen LogP contribution in [0.25, 0.3) is 0 Å². The molecule has 0 aliphatic carbocycles. The molecule has 0 fully saturated rings. The van der Waals surface area contributed by atoms with Crippen LogP contribution in [0.1, 0.15) is 26.7 Å². The van der Waals surface area contributed by atoms with Crippen LogP contribution in [-0.4, -0.2) is 30.6 Å². The molecule has 0 bridgehead atoms. The number of methoxy groups -OCH3 is 1. The molecule has 18 heavy (non-hydrogen) atoms. The van der Waals surface area contributed by atoms with Crippen molar-refractivity contribution in [1.29, 1.82) is 0 Å².